The SMILES string of the molecule is CC(C)N1CC(OCc2ccccc2)[C@@H](NC(=O)c2cc(-c3cnn(C)c3)cnc2N)C1. The van der Waals surface area contributed by atoms with Crippen LogP contribution in [0.3, 0.4) is 0 Å². The molecule has 0 saturated carbocycles. The number of anilines is 1. The van der Waals surface area contributed by atoms with Crippen molar-refractivity contribution in [2.24, 2.45) is 7.05 Å². The second-order valence-electron chi connectivity index (χ2n) is 8.52. The van der Waals surface area contributed by atoms with Crippen molar-refractivity contribution < 1.29 is 9.53 Å². The minimum Gasteiger partial charge on any atom is -0.383 e. The van der Waals surface area contributed by atoms with Crippen LogP contribution in [0.5, 0.6) is 0 Å². The lowest BCUT2D eigenvalue weighted by Crippen LogP contribution is -2.44. The molecule has 0 bridgehead atoms. The number of likely N-dealkylation sites (tertiary alicyclic amines) is 1. The molecule has 8 nitrogen and oxygen atoms in total. The number of pyridine rings is 1. The number of hydrogen-bond donors (Lipinski definition) is 2. The number of nitrogens with two attached hydrogens (primary N) is 1. The Kier molecular flexibility index (Phi) is 6.53. The minimum atomic E-state index is -0.246. The Hall–Kier alpha value is -3.23. The molecule has 1 saturated heterocycles. The summed E-state index contributed by atoms with van der Waals surface area (Å²) in [7, 11) is 1.85. The first-order valence-corrected chi connectivity index (χ1v) is 10.9. The number of ether oxygens (including phenoxy) is 1. The molecule has 1 amide bonds. The predicted molar refractivity (Wildman–Crippen MR) is 124 cm³/mol. The number of amides is 1. The van der Waals surface area contributed by atoms with Gasteiger partial charge in [0.25, 0.3) is 5.91 Å². The maximum atomic E-state index is 13.2. The van der Waals surface area contributed by atoms with Gasteiger partial charge in [0.15, 0.2) is 0 Å². The first kappa shape index (κ1) is 22.0. The number of aryl methyl sites for hydroxylation is 1. The topological polar surface area (TPSA) is 98.3 Å². The minimum absolute atomic E-state index is 0.114. The van der Waals surface area contributed by atoms with Crippen LogP contribution >= 0.6 is 0 Å². The van der Waals surface area contributed by atoms with Gasteiger partial charge in [0, 0.05) is 49.7 Å². The summed E-state index contributed by atoms with van der Waals surface area (Å²) >= 11 is 0. The Morgan fingerprint density at radius 3 is 2.69 bits per heavy atom. The zero-order valence-corrected chi connectivity index (χ0v) is 18.7. The van der Waals surface area contributed by atoms with Gasteiger partial charge in [-0.25, -0.2) is 4.98 Å². The van der Waals surface area contributed by atoms with Gasteiger partial charge in [-0.1, -0.05) is 30.3 Å². The van der Waals surface area contributed by atoms with Crippen molar-refractivity contribution in [1.29, 1.82) is 0 Å². The lowest BCUT2D eigenvalue weighted by atomic mass is 10.1. The summed E-state index contributed by atoms with van der Waals surface area (Å²) in [5.74, 6) is -0.0414. The highest BCUT2D eigenvalue weighted by Crippen LogP contribution is 2.23. The fraction of sp³-hybridized carbons (Fsp3) is 0.375. The van der Waals surface area contributed by atoms with Crippen molar-refractivity contribution in [2.75, 3.05) is 18.8 Å². The molecular formula is C24H30N6O2. The molecule has 3 aromatic rings. The summed E-state index contributed by atoms with van der Waals surface area (Å²) in [6, 6.07) is 12.0. The Morgan fingerprint density at radius 1 is 1.22 bits per heavy atom. The molecule has 1 aliphatic heterocycles. The van der Waals surface area contributed by atoms with Crippen LogP contribution in [0.15, 0.2) is 55.0 Å². The van der Waals surface area contributed by atoms with Crippen molar-refractivity contribution in [3.05, 3.63) is 66.1 Å². The van der Waals surface area contributed by atoms with Crippen LogP contribution in [0.4, 0.5) is 5.82 Å². The van der Waals surface area contributed by atoms with E-state index >= 15 is 0 Å². The highest BCUT2D eigenvalue weighted by molar-refractivity contribution is 5.99. The van der Waals surface area contributed by atoms with E-state index in [0.717, 1.165) is 29.8 Å². The molecule has 3 N–H and O–H groups in total. The average Bonchev–Trinajstić information content (AvgIpc) is 3.39. The third-order valence-corrected chi connectivity index (χ3v) is 5.85. The van der Waals surface area contributed by atoms with E-state index in [0.29, 0.717) is 18.2 Å². The summed E-state index contributed by atoms with van der Waals surface area (Å²) in [6.45, 7) is 6.29. The molecule has 1 aliphatic rings. The van der Waals surface area contributed by atoms with E-state index in [1.807, 2.05) is 43.6 Å². The molecule has 2 atom stereocenters. The van der Waals surface area contributed by atoms with Gasteiger partial charge in [0.05, 0.1) is 30.5 Å². The second kappa shape index (κ2) is 9.50. The van der Waals surface area contributed by atoms with Crippen molar-refractivity contribution in [3.8, 4) is 11.1 Å². The van der Waals surface area contributed by atoms with E-state index < -0.39 is 0 Å². The predicted octanol–water partition coefficient (Wildman–Crippen LogP) is 2.47. The van der Waals surface area contributed by atoms with Gasteiger partial charge in [-0.15, -0.1) is 0 Å². The molecule has 168 valence electrons. The Balaban J connectivity index is 1.49. The highest BCUT2D eigenvalue weighted by Gasteiger charge is 2.36. The molecule has 2 aromatic heterocycles. The normalized spacial score (nSPS) is 18.9. The number of nitrogen functional groups attached to an aromatic ring is 1. The lowest BCUT2D eigenvalue weighted by Gasteiger charge is -2.21. The quantitative estimate of drug-likeness (QED) is 0.593. The van der Waals surface area contributed by atoms with Gasteiger partial charge in [0.2, 0.25) is 0 Å². The summed E-state index contributed by atoms with van der Waals surface area (Å²) < 4.78 is 7.94. The molecule has 4 rings (SSSR count). The van der Waals surface area contributed by atoms with Crippen LogP contribution in [0, 0.1) is 0 Å². The molecule has 3 heterocycles. The van der Waals surface area contributed by atoms with Gasteiger partial charge in [-0.3, -0.25) is 14.4 Å². The fourth-order valence-corrected chi connectivity index (χ4v) is 3.94. The molecule has 0 radical (unpaired) electrons. The zero-order valence-electron chi connectivity index (χ0n) is 18.7. The van der Waals surface area contributed by atoms with Crippen LogP contribution in [0.2, 0.25) is 0 Å². The van der Waals surface area contributed by atoms with Crippen LogP contribution in [0.1, 0.15) is 29.8 Å². The smallest absolute Gasteiger partial charge is 0.255 e. The summed E-state index contributed by atoms with van der Waals surface area (Å²) in [4.78, 5) is 19.7. The lowest BCUT2D eigenvalue weighted by molar-refractivity contribution is 0.0300. The van der Waals surface area contributed by atoms with Gasteiger partial charge in [-0.2, -0.15) is 5.10 Å². The van der Waals surface area contributed by atoms with Gasteiger partial charge in [0.1, 0.15) is 5.82 Å². The van der Waals surface area contributed by atoms with Crippen molar-refractivity contribution in [3.63, 3.8) is 0 Å². The van der Waals surface area contributed by atoms with E-state index in [9.17, 15) is 4.79 Å². The first-order valence-electron chi connectivity index (χ1n) is 10.9. The first-order chi connectivity index (χ1) is 15.4. The molecule has 0 spiro atoms. The van der Waals surface area contributed by atoms with Crippen molar-refractivity contribution in [1.82, 2.24) is 25.0 Å². The summed E-state index contributed by atoms with van der Waals surface area (Å²) in [6.07, 6.45) is 5.15. The van der Waals surface area contributed by atoms with Gasteiger partial charge < -0.3 is 15.8 Å². The zero-order chi connectivity index (χ0) is 22.7. The number of carbonyl (C=O) groups excluding carboxylic acids is 1. The number of nitrogens with zero attached hydrogens (tertiary/aromatic N) is 4. The Labute approximate surface area is 188 Å². The Morgan fingerprint density at radius 2 is 2.00 bits per heavy atom. The third-order valence-electron chi connectivity index (χ3n) is 5.85. The maximum absolute atomic E-state index is 13.2. The number of rotatable bonds is 7. The van der Waals surface area contributed by atoms with Crippen LogP contribution in [-0.4, -0.2) is 56.8 Å². The molecule has 1 fully saturated rings. The largest absolute Gasteiger partial charge is 0.383 e. The number of aromatic nitrogens is 3. The van der Waals surface area contributed by atoms with E-state index in [2.05, 4.69) is 34.1 Å². The monoisotopic (exact) mass is 434 g/mol. The van der Waals surface area contributed by atoms with E-state index in [4.69, 9.17) is 10.5 Å². The highest BCUT2D eigenvalue weighted by atomic mass is 16.5. The molecule has 0 aliphatic carbocycles. The number of nitrogens with one attached hydrogen (secondary N) is 1. The molecule has 8 heteroatoms. The summed E-state index contributed by atoms with van der Waals surface area (Å²) in [5.41, 5.74) is 9.20. The van der Waals surface area contributed by atoms with Crippen LogP contribution in [-0.2, 0) is 18.4 Å². The Bertz CT molecular complexity index is 1070. The van der Waals surface area contributed by atoms with Gasteiger partial charge in [-0.05, 0) is 25.5 Å². The molecule has 1 aromatic carbocycles. The third kappa shape index (κ3) is 4.98. The standard InChI is InChI=1S/C24H30N6O2/c1-16(2)30-13-21(22(14-30)32-15-17-7-5-4-6-8-17)28-24(31)20-9-18(10-26-23(20)25)19-11-27-29(3)12-19/h4-12,16,21-22H,13-15H2,1-3H3,(H2,25,26)(H,28,31)/t21-,22?/m0/s1. The fourth-order valence-electron chi connectivity index (χ4n) is 3.94. The van der Waals surface area contributed by atoms with Crippen molar-refractivity contribution >= 4 is 11.7 Å². The molecular weight excluding hydrogens is 404 g/mol. The molecule has 32 heavy (non-hydrogen) atoms. The van der Waals surface area contributed by atoms with E-state index in [1.54, 1.807) is 23.1 Å². The number of hydrogen-bond acceptors (Lipinski definition) is 6. The average molecular weight is 435 g/mol. The van der Waals surface area contributed by atoms with Gasteiger partial charge >= 0.3 is 0 Å². The maximum Gasteiger partial charge on any atom is 0.255 e. The molecule has 1 unspecified atom stereocenters. The van der Waals surface area contributed by atoms with E-state index in [1.165, 1.54) is 0 Å². The summed E-state index contributed by atoms with van der Waals surface area (Å²) in [5, 5.41) is 7.33. The van der Waals surface area contributed by atoms with Crippen LogP contribution < -0.4 is 11.1 Å². The van der Waals surface area contributed by atoms with Crippen LogP contribution in [0.25, 0.3) is 11.1 Å². The van der Waals surface area contributed by atoms with E-state index in [-0.39, 0.29) is 23.9 Å². The number of benzene rings is 1. The number of carbonyl (C=O) groups is 1. The second-order valence-corrected chi connectivity index (χ2v) is 8.52. The van der Waals surface area contributed by atoms with Crippen molar-refractivity contribution in [2.45, 2.75) is 38.6 Å².